The minimum absolute atomic E-state index is 0.424. The molecule has 2 fully saturated rings. The van der Waals surface area contributed by atoms with Crippen molar-refractivity contribution in [1.29, 1.82) is 0 Å². The zero-order valence-electron chi connectivity index (χ0n) is 10.9. The lowest BCUT2D eigenvalue weighted by Crippen LogP contribution is -2.19. The number of halogens is 1. The van der Waals surface area contributed by atoms with E-state index in [2.05, 4.69) is 4.98 Å². The number of alkyl halides is 1. The van der Waals surface area contributed by atoms with Gasteiger partial charge in [-0.15, -0.1) is 11.6 Å². The highest BCUT2D eigenvalue weighted by atomic mass is 35.5. The second kappa shape index (κ2) is 5.08. The van der Waals surface area contributed by atoms with E-state index < -0.39 is 0 Å². The molecule has 0 aromatic carbocycles. The van der Waals surface area contributed by atoms with Crippen LogP contribution in [0.15, 0.2) is 12.1 Å². The van der Waals surface area contributed by atoms with Crippen LogP contribution in [0.4, 0.5) is 0 Å². The van der Waals surface area contributed by atoms with Crippen molar-refractivity contribution >= 4 is 11.6 Å². The number of aryl methyl sites for hydroxylation is 1. The van der Waals surface area contributed by atoms with Gasteiger partial charge in [0.05, 0.1) is 18.2 Å². The number of pyridine rings is 1. The molecule has 3 heteroatoms. The average molecular weight is 266 g/mol. The second-order valence-corrected chi connectivity index (χ2v) is 6.04. The fourth-order valence-electron chi connectivity index (χ4n) is 3.60. The van der Waals surface area contributed by atoms with Crippen molar-refractivity contribution < 1.29 is 4.74 Å². The summed E-state index contributed by atoms with van der Waals surface area (Å²) in [5.41, 5.74) is 1.87. The first-order valence-electron chi connectivity index (χ1n) is 6.91. The number of hydrogen-bond donors (Lipinski definition) is 0. The van der Waals surface area contributed by atoms with Crippen LogP contribution in [0.25, 0.3) is 0 Å². The number of fused-ring (bicyclic) bond motifs is 2. The van der Waals surface area contributed by atoms with Gasteiger partial charge in [-0.25, -0.2) is 0 Å². The van der Waals surface area contributed by atoms with Crippen LogP contribution in [0.5, 0.6) is 5.75 Å². The molecule has 3 rings (SSSR count). The monoisotopic (exact) mass is 265 g/mol. The van der Waals surface area contributed by atoms with E-state index in [1.165, 1.54) is 25.7 Å². The van der Waals surface area contributed by atoms with Crippen molar-refractivity contribution in [3.63, 3.8) is 0 Å². The summed E-state index contributed by atoms with van der Waals surface area (Å²) in [5, 5.41) is 0. The molecule has 2 aliphatic rings. The first kappa shape index (κ1) is 12.3. The molecule has 1 heterocycles. The first-order chi connectivity index (χ1) is 8.76. The summed E-state index contributed by atoms with van der Waals surface area (Å²) in [7, 11) is 0. The van der Waals surface area contributed by atoms with Crippen molar-refractivity contribution in [3.8, 4) is 5.75 Å². The molecule has 3 unspecified atom stereocenters. The zero-order chi connectivity index (χ0) is 12.5. The Morgan fingerprint density at radius 1 is 1.33 bits per heavy atom. The standard InChI is InChI=1S/C15H20ClNO/c1-10-2-5-15(14(8-16)17-10)18-9-13-7-11-3-4-12(13)6-11/h2,5,11-13H,3-4,6-9H2,1H3. The van der Waals surface area contributed by atoms with Crippen molar-refractivity contribution in [3.05, 3.63) is 23.5 Å². The Balaban J connectivity index is 1.63. The molecule has 18 heavy (non-hydrogen) atoms. The van der Waals surface area contributed by atoms with Crippen LogP contribution in [0, 0.1) is 24.7 Å². The van der Waals surface area contributed by atoms with Crippen LogP contribution in [0.1, 0.15) is 37.1 Å². The van der Waals surface area contributed by atoms with Gasteiger partial charge in [-0.05, 0) is 56.1 Å². The molecule has 0 saturated heterocycles. The van der Waals surface area contributed by atoms with Crippen LogP contribution in [0.2, 0.25) is 0 Å². The Kier molecular flexibility index (Phi) is 3.47. The summed E-state index contributed by atoms with van der Waals surface area (Å²) in [6.45, 7) is 2.82. The van der Waals surface area contributed by atoms with E-state index in [-0.39, 0.29) is 0 Å². The molecule has 2 bridgehead atoms. The Morgan fingerprint density at radius 3 is 2.89 bits per heavy atom. The van der Waals surface area contributed by atoms with E-state index in [1.807, 2.05) is 19.1 Å². The minimum Gasteiger partial charge on any atom is -0.491 e. The lowest BCUT2D eigenvalue weighted by atomic mass is 9.89. The van der Waals surface area contributed by atoms with Gasteiger partial charge in [-0.2, -0.15) is 0 Å². The first-order valence-corrected chi connectivity index (χ1v) is 7.45. The molecular formula is C15H20ClNO. The van der Waals surface area contributed by atoms with Crippen molar-refractivity contribution in [2.75, 3.05) is 6.61 Å². The summed E-state index contributed by atoms with van der Waals surface area (Å²) < 4.78 is 5.97. The molecule has 0 N–H and O–H groups in total. The van der Waals surface area contributed by atoms with E-state index in [4.69, 9.17) is 16.3 Å². The Morgan fingerprint density at radius 2 is 2.22 bits per heavy atom. The fraction of sp³-hybridized carbons (Fsp3) is 0.667. The highest BCUT2D eigenvalue weighted by Crippen LogP contribution is 2.48. The summed E-state index contributed by atoms with van der Waals surface area (Å²) in [4.78, 5) is 4.43. The van der Waals surface area contributed by atoms with Gasteiger partial charge in [-0.1, -0.05) is 6.42 Å². The van der Waals surface area contributed by atoms with Gasteiger partial charge in [-0.3, -0.25) is 4.98 Å². The van der Waals surface area contributed by atoms with E-state index in [0.29, 0.717) is 5.88 Å². The maximum atomic E-state index is 5.97. The third kappa shape index (κ3) is 2.35. The summed E-state index contributed by atoms with van der Waals surface area (Å²) >= 11 is 5.92. The number of hydrogen-bond acceptors (Lipinski definition) is 2. The van der Waals surface area contributed by atoms with Crippen LogP contribution >= 0.6 is 11.6 Å². The Bertz CT molecular complexity index is 435. The molecular weight excluding hydrogens is 246 g/mol. The summed E-state index contributed by atoms with van der Waals surface area (Å²) in [5.74, 6) is 3.94. The van der Waals surface area contributed by atoms with Gasteiger partial charge in [0.2, 0.25) is 0 Å². The zero-order valence-corrected chi connectivity index (χ0v) is 11.6. The third-order valence-corrected chi connectivity index (χ3v) is 4.79. The molecule has 0 spiro atoms. The molecule has 1 aromatic rings. The molecule has 2 saturated carbocycles. The fourth-order valence-corrected chi connectivity index (χ4v) is 3.79. The van der Waals surface area contributed by atoms with Gasteiger partial charge in [0.25, 0.3) is 0 Å². The van der Waals surface area contributed by atoms with Crippen LogP contribution < -0.4 is 4.74 Å². The summed E-state index contributed by atoms with van der Waals surface area (Å²) in [6, 6.07) is 4.00. The average Bonchev–Trinajstić information content (AvgIpc) is 2.99. The predicted molar refractivity (Wildman–Crippen MR) is 73.0 cm³/mol. The van der Waals surface area contributed by atoms with Gasteiger partial charge in [0.15, 0.2) is 0 Å². The van der Waals surface area contributed by atoms with Crippen LogP contribution in [-0.2, 0) is 5.88 Å². The maximum absolute atomic E-state index is 5.97. The molecule has 2 nitrogen and oxygen atoms in total. The van der Waals surface area contributed by atoms with Gasteiger partial charge in [0.1, 0.15) is 5.75 Å². The maximum Gasteiger partial charge on any atom is 0.142 e. The van der Waals surface area contributed by atoms with E-state index in [1.54, 1.807) is 0 Å². The van der Waals surface area contributed by atoms with E-state index >= 15 is 0 Å². The minimum atomic E-state index is 0.424. The lowest BCUT2D eigenvalue weighted by Gasteiger charge is -2.22. The topological polar surface area (TPSA) is 22.1 Å². The van der Waals surface area contributed by atoms with Crippen LogP contribution in [0.3, 0.4) is 0 Å². The molecule has 0 aliphatic heterocycles. The highest BCUT2D eigenvalue weighted by Gasteiger charge is 2.39. The largest absolute Gasteiger partial charge is 0.491 e. The second-order valence-electron chi connectivity index (χ2n) is 5.78. The number of nitrogens with zero attached hydrogens (tertiary/aromatic N) is 1. The number of ether oxygens (including phenoxy) is 1. The normalized spacial score (nSPS) is 29.8. The highest BCUT2D eigenvalue weighted by molar-refractivity contribution is 6.17. The van der Waals surface area contributed by atoms with Gasteiger partial charge >= 0.3 is 0 Å². The van der Waals surface area contributed by atoms with Gasteiger partial charge < -0.3 is 4.74 Å². The van der Waals surface area contributed by atoms with E-state index in [0.717, 1.165) is 41.5 Å². The third-order valence-electron chi connectivity index (χ3n) is 4.54. The Labute approximate surface area is 114 Å². The molecule has 1 aromatic heterocycles. The molecule has 2 aliphatic carbocycles. The summed E-state index contributed by atoms with van der Waals surface area (Å²) in [6.07, 6.45) is 5.65. The quantitative estimate of drug-likeness (QED) is 0.769. The SMILES string of the molecule is Cc1ccc(OCC2CC3CCC2C3)c(CCl)n1. The molecule has 0 radical (unpaired) electrons. The number of rotatable bonds is 4. The molecule has 0 amide bonds. The van der Waals surface area contributed by atoms with Crippen LogP contribution in [-0.4, -0.2) is 11.6 Å². The van der Waals surface area contributed by atoms with Crippen molar-refractivity contribution in [2.24, 2.45) is 17.8 Å². The predicted octanol–water partition coefficient (Wildman–Crippen LogP) is 3.94. The van der Waals surface area contributed by atoms with Crippen molar-refractivity contribution in [2.45, 2.75) is 38.5 Å². The Hall–Kier alpha value is -0.760. The molecule has 3 atom stereocenters. The smallest absolute Gasteiger partial charge is 0.142 e. The van der Waals surface area contributed by atoms with E-state index in [9.17, 15) is 0 Å². The molecule has 98 valence electrons. The van der Waals surface area contributed by atoms with Gasteiger partial charge in [0, 0.05) is 5.69 Å². The van der Waals surface area contributed by atoms with Crippen molar-refractivity contribution in [1.82, 2.24) is 4.98 Å². The lowest BCUT2D eigenvalue weighted by molar-refractivity contribution is 0.193. The number of aromatic nitrogens is 1.